The molecule has 0 spiro atoms. The van der Waals surface area contributed by atoms with E-state index in [0.717, 1.165) is 45.0 Å². The zero-order valence-corrected chi connectivity index (χ0v) is 16.8. The van der Waals surface area contributed by atoms with E-state index >= 15 is 0 Å². The minimum atomic E-state index is 0. The first-order valence-corrected chi connectivity index (χ1v) is 9.82. The monoisotopic (exact) mass is 398 g/mol. The zero-order chi connectivity index (χ0) is 16.9. The second kappa shape index (κ2) is 9.52. The van der Waals surface area contributed by atoms with Gasteiger partial charge in [-0.2, -0.15) is 0 Å². The topological polar surface area (TPSA) is 66.9 Å². The van der Waals surface area contributed by atoms with Gasteiger partial charge in [0.25, 0.3) is 0 Å². The molecule has 5 nitrogen and oxygen atoms in total. The number of carbonyl (C=O) groups is 1. The van der Waals surface area contributed by atoms with E-state index in [9.17, 15) is 4.79 Å². The molecule has 8 heteroatoms. The molecule has 0 saturated carbocycles. The summed E-state index contributed by atoms with van der Waals surface area (Å²) in [5.41, 5.74) is 1.96. The van der Waals surface area contributed by atoms with Crippen LogP contribution in [-0.2, 0) is 4.79 Å². The van der Waals surface area contributed by atoms with Crippen LogP contribution in [0.3, 0.4) is 0 Å². The van der Waals surface area contributed by atoms with E-state index in [1.165, 1.54) is 6.42 Å². The summed E-state index contributed by atoms with van der Waals surface area (Å²) in [7, 11) is 0. The molecule has 1 aliphatic rings. The molecular formula is C17H23ClN4OS2. The summed E-state index contributed by atoms with van der Waals surface area (Å²) >= 11 is 3.19. The third kappa shape index (κ3) is 5.95. The molecule has 1 aromatic carbocycles. The van der Waals surface area contributed by atoms with E-state index in [4.69, 9.17) is 0 Å². The maximum absolute atomic E-state index is 12.1. The predicted molar refractivity (Wildman–Crippen MR) is 106 cm³/mol. The van der Waals surface area contributed by atoms with E-state index in [-0.39, 0.29) is 18.3 Å². The van der Waals surface area contributed by atoms with Gasteiger partial charge in [-0.05, 0) is 69.5 Å². The minimum absolute atomic E-state index is 0. The Hall–Kier alpha value is -1.15. The van der Waals surface area contributed by atoms with Gasteiger partial charge in [-0.1, -0.05) is 23.1 Å². The van der Waals surface area contributed by atoms with Crippen LogP contribution in [0.15, 0.2) is 27.4 Å². The van der Waals surface area contributed by atoms with Crippen LogP contribution in [0.2, 0.25) is 0 Å². The molecule has 1 aliphatic heterocycles. The molecule has 0 bridgehead atoms. The highest BCUT2D eigenvalue weighted by Gasteiger charge is 2.16. The minimum Gasteiger partial charge on any atom is -0.326 e. The van der Waals surface area contributed by atoms with E-state index in [1.807, 2.05) is 26.0 Å². The lowest BCUT2D eigenvalue weighted by atomic mass is 10.0. The molecule has 0 radical (unpaired) electrons. The number of halogens is 1. The molecule has 2 aromatic rings. The smallest absolute Gasteiger partial charge is 0.224 e. The largest absolute Gasteiger partial charge is 0.326 e. The van der Waals surface area contributed by atoms with Gasteiger partial charge in [0, 0.05) is 17.0 Å². The van der Waals surface area contributed by atoms with Crippen molar-refractivity contribution in [2.24, 2.45) is 5.92 Å². The lowest BCUT2D eigenvalue weighted by Gasteiger charge is -2.11. The summed E-state index contributed by atoms with van der Waals surface area (Å²) in [6.45, 7) is 6.10. The number of amides is 1. The normalized spacial score (nSPS) is 16.5. The number of nitrogens with one attached hydrogen (secondary N) is 2. The van der Waals surface area contributed by atoms with Gasteiger partial charge < -0.3 is 10.6 Å². The van der Waals surface area contributed by atoms with Gasteiger partial charge in [0.05, 0.1) is 0 Å². The van der Waals surface area contributed by atoms with Gasteiger partial charge >= 0.3 is 0 Å². The van der Waals surface area contributed by atoms with Crippen molar-refractivity contribution in [2.75, 3.05) is 18.4 Å². The second-order valence-corrected chi connectivity index (χ2v) is 8.61. The first-order chi connectivity index (χ1) is 11.6. The quantitative estimate of drug-likeness (QED) is 0.768. The first kappa shape index (κ1) is 20.2. The van der Waals surface area contributed by atoms with Gasteiger partial charge in [-0.15, -0.1) is 22.6 Å². The fourth-order valence-electron chi connectivity index (χ4n) is 2.77. The summed E-state index contributed by atoms with van der Waals surface area (Å²) in [4.78, 5) is 13.3. The SMILES string of the molecule is Cc1nnc(Sc2ccc(NC(=O)CCC3CCNC3)c(C)c2)s1.Cl. The van der Waals surface area contributed by atoms with Gasteiger partial charge in [0.2, 0.25) is 5.91 Å². The van der Waals surface area contributed by atoms with Crippen molar-refractivity contribution in [3.05, 3.63) is 28.8 Å². The number of hydrogen-bond acceptors (Lipinski definition) is 6. The van der Waals surface area contributed by atoms with Gasteiger partial charge in [0.15, 0.2) is 4.34 Å². The van der Waals surface area contributed by atoms with Crippen LogP contribution in [-0.4, -0.2) is 29.2 Å². The van der Waals surface area contributed by atoms with Crippen LogP contribution >= 0.6 is 35.5 Å². The highest BCUT2D eigenvalue weighted by Crippen LogP contribution is 2.32. The van der Waals surface area contributed by atoms with Crippen molar-refractivity contribution in [1.29, 1.82) is 0 Å². The number of hydrogen-bond donors (Lipinski definition) is 2. The molecule has 2 N–H and O–H groups in total. The molecular weight excluding hydrogens is 376 g/mol. The zero-order valence-electron chi connectivity index (χ0n) is 14.4. The van der Waals surface area contributed by atoms with Crippen molar-refractivity contribution >= 4 is 47.1 Å². The molecule has 3 rings (SSSR count). The lowest BCUT2D eigenvalue weighted by Crippen LogP contribution is -2.15. The van der Waals surface area contributed by atoms with E-state index in [0.29, 0.717) is 12.3 Å². The molecule has 1 unspecified atom stereocenters. The van der Waals surface area contributed by atoms with Gasteiger partial charge in [-0.3, -0.25) is 4.79 Å². The Morgan fingerprint density at radius 2 is 2.24 bits per heavy atom. The number of benzene rings is 1. The van der Waals surface area contributed by atoms with Crippen LogP contribution in [0.5, 0.6) is 0 Å². The Morgan fingerprint density at radius 1 is 1.40 bits per heavy atom. The molecule has 1 aromatic heterocycles. The Kier molecular flexibility index (Phi) is 7.68. The number of anilines is 1. The molecule has 1 atom stereocenters. The Balaban J connectivity index is 0.00000225. The van der Waals surface area contributed by atoms with Crippen LogP contribution in [0.25, 0.3) is 0 Å². The summed E-state index contributed by atoms with van der Waals surface area (Å²) in [6, 6.07) is 6.07. The van der Waals surface area contributed by atoms with E-state index < -0.39 is 0 Å². The van der Waals surface area contributed by atoms with Crippen LogP contribution in [0.1, 0.15) is 29.8 Å². The van der Waals surface area contributed by atoms with Crippen molar-refractivity contribution in [1.82, 2.24) is 15.5 Å². The summed E-state index contributed by atoms with van der Waals surface area (Å²) in [5, 5.41) is 15.5. The lowest BCUT2D eigenvalue weighted by molar-refractivity contribution is -0.116. The third-order valence-corrected chi connectivity index (χ3v) is 6.01. The number of nitrogens with zero attached hydrogens (tertiary/aromatic N) is 2. The highest BCUT2D eigenvalue weighted by molar-refractivity contribution is 8.01. The molecule has 25 heavy (non-hydrogen) atoms. The van der Waals surface area contributed by atoms with Crippen molar-refractivity contribution < 1.29 is 4.79 Å². The maximum atomic E-state index is 12.1. The fourth-order valence-corrected chi connectivity index (χ4v) is 4.66. The van der Waals surface area contributed by atoms with Crippen molar-refractivity contribution in [3.8, 4) is 0 Å². The van der Waals surface area contributed by atoms with Crippen LogP contribution < -0.4 is 10.6 Å². The average molecular weight is 399 g/mol. The number of rotatable bonds is 6. The van der Waals surface area contributed by atoms with Gasteiger partial charge in [-0.25, -0.2) is 0 Å². The molecule has 136 valence electrons. The number of carbonyl (C=O) groups excluding carboxylic acids is 1. The highest BCUT2D eigenvalue weighted by atomic mass is 35.5. The number of aryl methyl sites for hydroxylation is 2. The molecule has 1 fully saturated rings. The standard InChI is InChI=1S/C17H22N4OS2.ClH/c1-11-9-14(24-17-21-20-12(2)23-17)4-5-15(11)19-16(22)6-3-13-7-8-18-10-13;/h4-5,9,13,18H,3,6-8,10H2,1-2H3,(H,19,22);1H. The van der Waals surface area contributed by atoms with Crippen molar-refractivity contribution in [3.63, 3.8) is 0 Å². The Labute approximate surface area is 162 Å². The van der Waals surface area contributed by atoms with E-state index in [2.05, 4.69) is 26.9 Å². The predicted octanol–water partition coefficient (Wildman–Crippen LogP) is 4.06. The molecule has 1 saturated heterocycles. The second-order valence-electron chi connectivity index (χ2n) is 6.11. The Bertz CT molecular complexity index is 716. The molecule has 0 aliphatic carbocycles. The third-order valence-electron chi connectivity index (χ3n) is 4.13. The molecule has 1 amide bonds. The van der Waals surface area contributed by atoms with Crippen LogP contribution in [0, 0.1) is 19.8 Å². The summed E-state index contributed by atoms with van der Waals surface area (Å²) < 4.78 is 0.939. The summed E-state index contributed by atoms with van der Waals surface area (Å²) in [6.07, 6.45) is 2.73. The Morgan fingerprint density at radius 3 is 2.88 bits per heavy atom. The van der Waals surface area contributed by atoms with Crippen LogP contribution in [0.4, 0.5) is 5.69 Å². The van der Waals surface area contributed by atoms with E-state index in [1.54, 1.807) is 23.1 Å². The first-order valence-electron chi connectivity index (χ1n) is 8.19. The fraction of sp³-hybridized carbons (Fsp3) is 0.471. The maximum Gasteiger partial charge on any atom is 0.224 e. The summed E-state index contributed by atoms with van der Waals surface area (Å²) in [5.74, 6) is 0.746. The molecule has 2 heterocycles. The van der Waals surface area contributed by atoms with Crippen molar-refractivity contribution in [2.45, 2.75) is 42.3 Å². The average Bonchev–Trinajstić information content (AvgIpc) is 3.20. The number of aromatic nitrogens is 2. The van der Waals surface area contributed by atoms with Gasteiger partial charge in [0.1, 0.15) is 5.01 Å².